The summed E-state index contributed by atoms with van der Waals surface area (Å²) in [6.45, 7) is 3.98. The zero-order valence-electron chi connectivity index (χ0n) is 29.0. The van der Waals surface area contributed by atoms with Crippen LogP contribution in [0.15, 0.2) is 71.7 Å². The molecule has 272 valence electrons. The van der Waals surface area contributed by atoms with E-state index < -0.39 is 41.1 Å². The zero-order chi connectivity index (χ0) is 37.8. The number of anilines is 2. The lowest BCUT2D eigenvalue weighted by Crippen LogP contribution is -2.55. The smallest absolute Gasteiger partial charge is 0.410 e. The Morgan fingerprint density at radius 3 is 2.55 bits per heavy atom. The third-order valence-electron chi connectivity index (χ3n) is 9.05. The quantitative estimate of drug-likeness (QED) is 0.172. The highest BCUT2D eigenvalue weighted by atomic mass is 19.1. The number of nitrogens with two attached hydrogens (primary N) is 1. The van der Waals surface area contributed by atoms with Gasteiger partial charge < -0.3 is 25.4 Å². The number of nitriles is 1. The number of benzene rings is 2. The second-order valence-electron chi connectivity index (χ2n) is 12.9. The fourth-order valence-electron chi connectivity index (χ4n) is 6.52. The molecule has 3 aromatic heterocycles. The maximum absolute atomic E-state index is 16.2. The number of carbonyl (C=O) groups is 2. The van der Waals surface area contributed by atoms with Gasteiger partial charge >= 0.3 is 17.8 Å². The first-order valence-corrected chi connectivity index (χ1v) is 16.9. The highest BCUT2D eigenvalue weighted by molar-refractivity contribution is 5.91. The van der Waals surface area contributed by atoms with E-state index in [1.165, 1.54) is 23.2 Å². The van der Waals surface area contributed by atoms with Crippen LogP contribution in [0.2, 0.25) is 0 Å². The molecule has 0 bridgehead atoms. The van der Waals surface area contributed by atoms with E-state index in [1.54, 1.807) is 11.0 Å². The van der Waals surface area contributed by atoms with Crippen molar-refractivity contribution in [2.45, 2.75) is 51.7 Å². The fourth-order valence-corrected chi connectivity index (χ4v) is 6.52. The number of pyridine rings is 2. The summed E-state index contributed by atoms with van der Waals surface area (Å²) < 4.78 is 38.2. The Balaban J connectivity index is 1.51. The van der Waals surface area contributed by atoms with Crippen LogP contribution in [0.4, 0.5) is 25.1 Å². The molecular formula is C38H36F2N8O5. The van der Waals surface area contributed by atoms with Gasteiger partial charge in [0.2, 0.25) is 0 Å². The van der Waals surface area contributed by atoms with Crippen molar-refractivity contribution >= 4 is 34.6 Å². The van der Waals surface area contributed by atoms with E-state index in [2.05, 4.69) is 21.0 Å². The maximum atomic E-state index is 16.2. The van der Waals surface area contributed by atoms with E-state index in [0.29, 0.717) is 11.3 Å². The average molecular weight is 723 g/mol. The molecule has 6 rings (SSSR count). The Morgan fingerprint density at radius 1 is 1.08 bits per heavy atom. The average Bonchev–Trinajstić information content (AvgIpc) is 3.13. The summed E-state index contributed by atoms with van der Waals surface area (Å²) in [7, 11) is 0. The molecule has 3 N–H and O–H groups in total. The molecule has 1 fully saturated rings. The summed E-state index contributed by atoms with van der Waals surface area (Å²) >= 11 is 0. The van der Waals surface area contributed by atoms with Crippen LogP contribution in [-0.4, -0.2) is 67.3 Å². The van der Waals surface area contributed by atoms with E-state index in [1.807, 2.05) is 44.2 Å². The Labute approximate surface area is 302 Å². The standard InChI is InChI=1S/C38H36F2N8O5/c1-22(2)32-34(24(14-16-43-32)11-12-30(49)50)48-36-26(19-28(40)33(44-36)31-27(39)9-6-10-29(31)42)35(45-37(48)51)46-17-18-47(25(20-46)13-15-41)38(52)53-21-23-7-4-3-5-8-23/h3-10,14,16,19,22,25H,11-13,17-18,20-21,42H2,1-2H3,(H,49,50)/t25-/m0/s1. The number of fused-ring (bicyclic) bond motifs is 1. The third kappa shape index (κ3) is 7.48. The van der Waals surface area contributed by atoms with Gasteiger partial charge in [0.15, 0.2) is 11.5 Å². The van der Waals surface area contributed by atoms with Crippen LogP contribution in [0.1, 0.15) is 49.4 Å². The highest BCUT2D eigenvalue weighted by Gasteiger charge is 2.34. The second kappa shape index (κ2) is 15.4. The number of rotatable bonds is 10. The molecule has 53 heavy (non-hydrogen) atoms. The van der Waals surface area contributed by atoms with Gasteiger partial charge in [0.05, 0.1) is 40.9 Å². The van der Waals surface area contributed by atoms with Crippen LogP contribution < -0.4 is 16.3 Å². The first-order valence-electron chi connectivity index (χ1n) is 16.9. The van der Waals surface area contributed by atoms with E-state index >= 15 is 8.78 Å². The molecule has 5 aromatic rings. The molecule has 13 nitrogen and oxygen atoms in total. The van der Waals surface area contributed by atoms with E-state index in [4.69, 9.17) is 10.5 Å². The Hall–Kier alpha value is -6.43. The number of nitrogen functional groups attached to an aromatic ring is 1. The van der Waals surface area contributed by atoms with Gasteiger partial charge in [-0.05, 0) is 47.7 Å². The number of halogens is 2. The summed E-state index contributed by atoms with van der Waals surface area (Å²) in [4.78, 5) is 55.8. The van der Waals surface area contributed by atoms with Crippen molar-refractivity contribution in [1.82, 2.24) is 24.4 Å². The van der Waals surface area contributed by atoms with E-state index in [0.717, 1.165) is 22.3 Å². The van der Waals surface area contributed by atoms with Crippen LogP contribution in [-0.2, 0) is 22.6 Å². The number of amides is 1. The van der Waals surface area contributed by atoms with Crippen molar-refractivity contribution in [2.75, 3.05) is 30.3 Å². The van der Waals surface area contributed by atoms with Gasteiger partial charge in [-0.3, -0.25) is 9.78 Å². The molecule has 1 amide bonds. The Morgan fingerprint density at radius 2 is 1.85 bits per heavy atom. The lowest BCUT2D eigenvalue weighted by molar-refractivity contribution is -0.136. The minimum Gasteiger partial charge on any atom is -0.481 e. The zero-order valence-corrected chi connectivity index (χ0v) is 29.0. The van der Waals surface area contributed by atoms with Crippen molar-refractivity contribution in [3.63, 3.8) is 0 Å². The number of nitrogens with zero attached hydrogens (tertiary/aromatic N) is 7. The van der Waals surface area contributed by atoms with Crippen molar-refractivity contribution in [3.05, 3.63) is 106 Å². The van der Waals surface area contributed by atoms with Crippen LogP contribution >= 0.6 is 0 Å². The number of piperazine rings is 1. The number of carboxylic acids is 1. The molecule has 0 radical (unpaired) electrons. The van der Waals surface area contributed by atoms with Crippen molar-refractivity contribution in [1.29, 1.82) is 5.26 Å². The predicted molar refractivity (Wildman–Crippen MR) is 192 cm³/mol. The van der Waals surface area contributed by atoms with E-state index in [9.17, 15) is 24.8 Å². The second-order valence-corrected chi connectivity index (χ2v) is 12.9. The molecule has 4 heterocycles. The summed E-state index contributed by atoms with van der Waals surface area (Å²) in [5, 5.41) is 19.3. The fraction of sp³-hybridized carbons (Fsp3) is 0.289. The molecule has 2 aromatic carbocycles. The lowest BCUT2D eigenvalue weighted by atomic mass is 10.0. The maximum Gasteiger partial charge on any atom is 0.410 e. The highest BCUT2D eigenvalue weighted by Crippen LogP contribution is 2.36. The van der Waals surface area contributed by atoms with Gasteiger partial charge in [-0.15, -0.1) is 0 Å². The normalized spacial score (nSPS) is 14.4. The third-order valence-corrected chi connectivity index (χ3v) is 9.05. The lowest BCUT2D eigenvalue weighted by Gasteiger charge is -2.40. The molecule has 0 aliphatic carbocycles. The number of aryl methyl sites for hydroxylation is 1. The monoisotopic (exact) mass is 722 g/mol. The molecule has 1 aliphatic heterocycles. The Kier molecular flexibility index (Phi) is 10.6. The van der Waals surface area contributed by atoms with E-state index in [-0.39, 0.29) is 85.2 Å². The van der Waals surface area contributed by atoms with Crippen molar-refractivity contribution in [2.24, 2.45) is 0 Å². The number of carboxylic acid groups (broad SMARTS) is 1. The van der Waals surface area contributed by atoms with Crippen LogP contribution in [0.3, 0.4) is 0 Å². The van der Waals surface area contributed by atoms with Crippen molar-refractivity contribution < 1.29 is 28.2 Å². The molecule has 0 spiro atoms. The van der Waals surface area contributed by atoms with Crippen LogP contribution in [0, 0.1) is 23.0 Å². The number of ether oxygens (including phenoxy) is 1. The summed E-state index contributed by atoms with van der Waals surface area (Å²) in [5.74, 6) is -3.07. The summed E-state index contributed by atoms with van der Waals surface area (Å²) in [6, 6.07) is 17.1. The van der Waals surface area contributed by atoms with Crippen LogP contribution in [0.25, 0.3) is 28.0 Å². The molecule has 1 atom stereocenters. The van der Waals surface area contributed by atoms with Gasteiger partial charge in [0.25, 0.3) is 0 Å². The van der Waals surface area contributed by atoms with Gasteiger partial charge in [-0.2, -0.15) is 10.2 Å². The number of hydrogen-bond donors (Lipinski definition) is 2. The van der Waals surface area contributed by atoms with Crippen molar-refractivity contribution in [3.8, 4) is 23.0 Å². The summed E-state index contributed by atoms with van der Waals surface area (Å²) in [5.41, 5.74) is 6.24. The molecule has 0 unspecified atom stereocenters. The molecule has 15 heteroatoms. The number of aromatic nitrogens is 4. The molecule has 0 saturated carbocycles. The van der Waals surface area contributed by atoms with Gasteiger partial charge in [-0.25, -0.2) is 27.9 Å². The number of carbonyl (C=O) groups excluding carboxylic acids is 1. The first kappa shape index (κ1) is 36.4. The molecule has 1 saturated heterocycles. The largest absolute Gasteiger partial charge is 0.481 e. The number of hydrogen-bond acceptors (Lipinski definition) is 10. The Bertz CT molecular complexity index is 2270. The topological polar surface area (TPSA) is 181 Å². The van der Waals surface area contributed by atoms with Gasteiger partial charge in [0, 0.05) is 37.9 Å². The summed E-state index contributed by atoms with van der Waals surface area (Å²) in [6.07, 6.45) is 0.589. The molecule has 1 aliphatic rings. The molecular weight excluding hydrogens is 686 g/mol. The first-order chi connectivity index (χ1) is 25.5. The van der Waals surface area contributed by atoms with Gasteiger partial charge in [0.1, 0.15) is 23.9 Å². The van der Waals surface area contributed by atoms with Crippen LogP contribution in [0.5, 0.6) is 0 Å². The number of aliphatic carboxylic acids is 1. The minimum atomic E-state index is -1.06. The SMILES string of the molecule is CC(C)c1nccc(CCC(=O)O)c1-n1c(=O)nc(N2CCN(C(=O)OCc3ccccc3)[C@@H](CC#N)C2)c2cc(F)c(-c3c(N)cccc3F)nc21. The predicted octanol–water partition coefficient (Wildman–Crippen LogP) is 5.58. The minimum absolute atomic E-state index is 0.0229. The van der Waals surface area contributed by atoms with Gasteiger partial charge in [-0.1, -0.05) is 50.2 Å².